The molecule has 290 valence electrons. The van der Waals surface area contributed by atoms with Gasteiger partial charge in [-0.2, -0.15) is 0 Å². The molecule has 0 N–H and O–H groups in total. The highest BCUT2D eigenvalue weighted by Crippen LogP contribution is 2.39. The molecule has 3 heteroatoms. The zero-order chi connectivity index (χ0) is 41.2. The molecule has 11 aromatic rings. The van der Waals surface area contributed by atoms with Gasteiger partial charge in [0.1, 0.15) is 0 Å². The molecule has 0 radical (unpaired) electrons. The lowest BCUT2D eigenvalue weighted by Gasteiger charge is -2.14. The third-order valence-corrected chi connectivity index (χ3v) is 11.7. The Morgan fingerprint density at radius 1 is 0.242 bits per heavy atom. The topological polar surface area (TPSA) is 38.7 Å². The van der Waals surface area contributed by atoms with Crippen molar-refractivity contribution in [2.45, 2.75) is 0 Å². The summed E-state index contributed by atoms with van der Waals surface area (Å²) in [5.41, 5.74) is 17.0. The smallest absolute Gasteiger partial charge is 0.160 e. The molecule has 0 aliphatic heterocycles. The van der Waals surface area contributed by atoms with Crippen molar-refractivity contribution in [3.63, 3.8) is 0 Å². The Kier molecular flexibility index (Phi) is 9.53. The van der Waals surface area contributed by atoms with Gasteiger partial charge in [-0.15, -0.1) is 0 Å². The summed E-state index contributed by atoms with van der Waals surface area (Å²) in [5, 5.41) is 3.50. The molecule has 0 fully saturated rings. The van der Waals surface area contributed by atoms with Gasteiger partial charge >= 0.3 is 0 Å². The average Bonchev–Trinajstić information content (AvgIpc) is 3.37. The normalized spacial score (nSPS) is 11.2. The Morgan fingerprint density at radius 2 is 0.661 bits per heavy atom. The minimum atomic E-state index is 0.677. The second-order valence-corrected chi connectivity index (χ2v) is 15.6. The molecular weight excluding hydrogens is 751 g/mol. The molecule has 2 heterocycles. The van der Waals surface area contributed by atoms with Crippen LogP contribution in [0.4, 0.5) is 0 Å². The first-order valence-corrected chi connectivity index (χ1v) is 21.0. The number of pyridine rings is 1. The molecule has 0 unspecified atom stereocenters. The average molecular weight is 790 g/mol. The van der Waals surface area contributed by atoms with E-state index in [-0.39, 0.29) is 0 Å². The first kappa shape index (κ1) is 36.8. The van der Waals surface area contributed by atoms with Crippen molar-refractivity contribution in [3.8, 4) is 89.7 Å². The Balaban J connectivity index is 1.01. The van der Waals surface area contributed by atoms with Crippen LogP contribution in [0.25, 0.3) is 111 Å². The molecule has 0 saturated heterocycles. The van der Waals surface area contributed by atoms with Crippen molar-refractivity contribution < 1.29 is 0 Å². The molecular formula is C59H39N3. The minimum Gasteiger partial charge on any atom is -0.248 e. The summed E-state index contributed by atoms with van der Waals surface area (Å²) in [6.45, 7) is 0. The lowest BCUT2D eigenvalue weighted by molar-refractivity contribution is 1.18. The van der Waals surface area contributed by atoms with Crippen LogP contribution in [0.1, 0.15) is 0 Å². The summed E-state index contributed by atoms with van der Waals surface area (Å²) in [6.07, 6.45) is 0. The van der Waals surface area contributed by atoms with Crippen LogP contribution in [0.15, 0.2) is 237 Å². The van der Waals surface area contributed by atoms with E-state index in [9.17, 15) is 0 Å². The predicted octanol–water partition coefficient (Wildman–Crippen LogP) is 15.5. The van der Waals surface area contributed by atoms with E-state index in [0.717, 1.165) is 72.5 Å². The molecule has 0 atom stereocenters. The van der Waals surface area contributed by atoms with Crippen LogP contribution in [0.5, 0.6) is 0 Å². The van der Waals surface area contributed by atoms with Gasteiger partial charge in [-0.25, -0.2) is 15.0 Å². The highest BCUT2D eigenvalue weighted by atomic mass is 14.9. The van der Waals surface area contributed by atoms with Crippen LogP contribution in [-0.2, 0) is 0 Å². The molecule has 0 bridgehead atoms. The van der Waals surface area contributed by atoms with E-state index in [0.29, 0.717) is 5.82 Å². The summed E-state index contributed by atoms with van der Waals surface area (Å²) in [5.74, 6) is 0.677. The Bertz CT molecular complexity index is 3260. The Morgan fingerprint density at radius 3 is 1.24 bits per heavy atom. The first-order valence-electron chi connectivity index (χ1n) is 21.0. The number of fused-ring (bicyclic) bond motifs is 3. The van der Waals surface area contributed by atoms with E-state index in [1.54, 1.807) is 0 Å². The number of rotatable bonds is 8. The maximum atomic E-state index is 5.24. The molecule has 3 nitrogen and oxygen atoms in total. The van der Waals surface area contributed by atoms with Gasteiger partial charge in [-0.1, -0.05) is 200 Å². The van der Waals surface area contributed by atoms with Gasteiger partial charge in [0.05, 0.1) is 22.6 Å². The third kappa shape index (κ3) is 7.23. The van der Waals surface area contributed by atoms with E-state index in [4.69, 9.17) is 15.0 Å². The molecule has 2 aromatic heterocycles. The van der Waals surface area contributed by atoms with E-state index in [1.807, 2.05) is 18.2 Å². The third-order valence-electron chi connectivity index (χ3n) is 11.7. The van der Waals surface area contributed by atoms with Crippen molar-refractivity contribution in [1.29, 1.82) is 0 Å². The maximum Gasteiger partial charge on any atom is 0.160 e. The van der Waals surface area contributed by atoms with Crippen molar-refractivity contribution in [1.82, 2.24) is 15.0 Å². The van der Waals surface area contributed by atoms with Crippen LogP contribution in [0.3, 0.4) is 0 Å². The van der Waals surface area contributed by atoms with Gasteiger partial charge in [-0.3, -0.25) is 0 Å². The van der Waals surface area contributed by atoms with E-state index >= 15 is 0 Å². The predicted molar refractivity (Wildman–Crippen MR) is 258 cm³/mol. The lowest BCUT2D eigenvalue weighted by Crippen LogP contribution is -1.96. The summed E-state index contributed by atoms with van der Waals surface area (Å²) in [7, 11) is 0. The fourth-order valence-electron chi connectivity index (χ4n) is 8.50. The summed E-state index contributed by atoms with van der Waals surface area (Å²) < 4.78 is 0. The van der Waals surface area contributed by atoms with Crippen molar-refractivity contribution >= 4 is 21.7 Å². The second-order valence-electron chi connectivity index (χ2n) is 15.6. The molecule has 11 rings (SSSR count). The monoisotopic (exact) mass is 789 g/mol. The van der Waals surface area contributed by atoms with Gasteiger partial charge in [0.15, 0.2) is 5.82 Å². The lowest BCUT2D eigenvalue weighted by atomic mass is 9.92. The zero-order valence-electron chi connectivity index (χ0n) is 33.9. The fourth-order valence-corrected chi connectivity index (χ4v) is 8.50. The van der Waals surface area contributed by atoms with Crippen LogP contribution >= 0.6 is 0 Å². The number of hydrogen-bond acceptors (Lipinski definition) is 3. The fraction of sp³-hybridized carbons (Fsp3) is 0. The highest BCUT2D eigenvalue weighted by Gasteiger charge is 2.16. The van der Waals surface area contributed by atoms with Crippen molar-refractivity contribution in [3.05, 3.63) is 237 Å². The van der Waals surface area contributed by atoms with Gasteiger partial charge in [0.25, 0.3) is 0 Å². The van der Waals surface area contributed by atoms with Gasteiger partial charge < -0.3 is 0 Å². The highest BCUT2D eigenvalue weighted by molar-refractivity contribution is 6.14. The molecule has 0 amide bonds. The molecule has 0 aliphatic rings. The number of nitrogens with zero attached hydrogens (tertiary/aromatic N) is 3. The number of hydrogen-bond donors (Lipinski definition) is 0. The quantitative estimate of drug-likeness (QED) is 0.144. The SMILES string of the molecule is c1ccc(-c2cccc(-c3cc(-c4cccc(-c5ccccc5)c4)nc(-c4ccc(-c5ccc6ccc7nc(-c8ccccc8)cc(-c8ccccc8)c7c6c5)cc4)n3)c2)cc1. The van der Waals surface area contributed by atoms with Gasteiger partial charge in [0, 0.05) is 27.6 Å². The maximum absolute atomic E-state index is 5.24. The molecule has 62 heavy (non-hydrogen) atoms. The molecule has 0 aliphatic carbocycles. The standard InChI is InChI=1S/C59H39N3/c1-5-15-40(16-6-1)47-23-13-25-50(35-47)56-39-57(51-26-14-24-48(36-51)41-17-7-2-8-18-41)62-59(61-56)46-30-27-42(28-31-46)49-32-29-44-33-34-54-58(52(44)37-49)53(43-19-9-3-10-20-43)38-55(60-54)45-21-11-4-12-22-45/h1-39H. The van der Waals surface area contributed by atoms with Crippen LogP contribution in [0.2, 0.25) is 0 Å². The van der Waals surface area contributed by atoms with Gasteiger partial charge in [-0.05, 0) is 91.7 Å². The number of aromatic nitrogens is 3. The van der Waals surface area contributed by atoms with Crippen molar-refractivity contribution in [2.24, 2.45) is 0 Å². The number of benzene rings is 9. The van der Waals surface area contributed by atoms with E-state index < -0.39 is 0 Å². The molecule has 0 spiro atoms. The minimum absolute atomic E-state index is 0.677. The van der Waals surface area contributed by atoms with Crippen LogP contribution in [0, 0.1) is 0 Å². The summed E-state index contributed by atoms with van der Waals surface area (Å²) in [6, 6.07) is 83.4. The molecule has 0 saturated carbocycles. The first-order chi connectivity index (χ1) is 30.7. The van der Waals surface area contributed by atoms with E-state index in [2.05, 4.69) is 218 Å². The Hall–Kier alpha value is -8.27. The zero-order valence-corrected chi connectivity index (χ0v) is 33.9. The van der Waals surface area contributed by atoms with Gasteiger partial charge in [0.2, 0.25) is 0 Å². The van der Waals surface area contributed by atoms with Crippen molar-refractivity contribution in [2.75, 3.05) is 0 Å². The van der Waals surface area contributed by atoms with Crippen LogP contribution in [-0.4, -0.2) is 15.0 Å². The summed E-state index contributed by atoms with van der Waals surface area (Å²) in [4.78, 5) is 15.7. The van der Waals surface area contributed by atoms with Crippen LogP contribution < -0.4 is 0 Å². The summed E-state index contributed by atoms with van der Waals surface area (Å²) >= 11 is 0. The molecule has 9 aromatic carbocycles. The Labute approximate surface area is 361 Å². The second kappa shape index (κ2) is 16.1. The van der Waals surface area contributed by atoms with E-state index in [1.165, 1.54) is 33.0 Å². The largest absolute Gasteiger partial charge is 0.248 e.